The van der Waals surface area contributed by atoms with E-state index in [1.807, 2.05) is 6.92 Å². The van der Waals surface area contributed by atoms with Crippen molar-refractivity contribution in [3.63, 3.8) is 0 Å². The molecule has 0 aliphatic heterocycles. The van der Waals surface area contributed by atoms with Crippen molar-refractivity contribution in [2.45, 2.75) is 43.7 Å². The van der Waals surface area contributed by atoms with Crippen molar-refractivity contribution in [2.75, 3.05) is 7.05 Å². The molecule has 1 aromatic carbocycles. The second-order valence-electron chi connectivity index (χ2n) is 5.51. The quantitative estimate of drug-likeness (QED) is 0.828. The van der Waals surface area contributed by atoms with E-state index in [0.717, 1.165) is 12.8 Å². The molecule has 1 aliphatic carbocycles. The van der Waals surface area contributed by atoms with Crippen LogP contribution in [-0.4, -0.2) is 21.5 Å². The largest absolute Gasteiger partial charge is 0.316 e. The van der Waals surface area contributed by atoms with Gasteiger partial charge in [-0.3, -0.25) is 0 Å². The molecule has 0 aromatic heterocycles. The van der Waals surface area contributed by atoms with Crippen molar-refractivity contribution in [1.82, 2.24) is 10.0 Å². The molecule has 1 atom stereocenters. The molecule has 0 radical (unpaired) electrons. The predicted molar refractivity (Wildman–Crippen MR) is 86.4 cm³/mol. The Balaban J connectivity index is 2.30. The lowest BCUT2D eigenvalue weighted by molar-refractivity contribution is 0.260. The van der Waals surface area contributed by atoms with Crippen LogP contribution in [0.5, 0.6) is 0 Å². The van der Waals surface area contributed by atoms with Gasteiger partial charge in [0, 0.05) is 17.6 Å². The van der Waals surface area contributed by atoms with Gasteiger partial charge in [-0.05, 0) is 50.4 Å². The summed E-state index contributed by atoms with van der Waals surface area (Å²) < 4.78 is 27.8. The lowest BCUT2D eigenvalue weighted by Crippen LogP contribution is -2.40. The molecular weight excluding hydrogens is 331 g/mol. The number of benzene rings is 1. The van der Waals surface area contributed by atoms with Crippen molar-refractivity contribution < 1.29 is 8.42 Å². The van der Waals surface area contributed by atoms with Crippen LogP contribution in [0, 0.1) is 5.92 Å². The predicted octanol–water partition coefficient (Wildman–Crippen LogP) is 3.18. The summed E-state index contributed by atoms with van der Waals surface area (Å²) in [6.45, 7) is 2.36. The molecule has 2 rings (SSSR count). The maximum absolute atomic E-state index is 12.5. The molecule has 0 amide bonds. The third-order valence-corrected chi connectivity index (χ3v) is 6.29. The SMILES string of the molecule is CNCc1cc(Cl)cc(S(=O)(=O)NC(C)C2CCC2)c1Cl. The Kier molecular flexibility index (Phi) is 5.54. The third-order valence-electron chi connectivity index (χ3n) is 3.93. The zero-order chi connectivity index (χ0) is 15.6. The van der Waals surface area contributed by atoms with Crippen LogP contribution in [0.1, 0.15) is 31.7 Å². The Bertz CT molecular complexity index is 616. The normalized spacial score (nSPS) is 17.5. The standard InChI is InChI=1S/C14H20Cl2N2O2S/c1-9(10-4-3-5-10)18-21(19,20)13-7-12(15)6-11(8-17-2)14(13)16/h6-7,9-10,17-18H,3-5,8H2,1-2H3. The minimum atomic E-state index is -3.67. The fraction of sp³-hybridized carbons (Fsp3) is 0.571. The Morgan fingerprint density at radius 2 is 2.00 bits per heavy atom. The molecule has 0 bridgehead atoms. The minimum absolute atomic E-state index is 0.0492. The Labute approximate surface area is 136 Å². The van der Waals surface area contributed by atoms with Crippen LogP contribution in [0.15, 0.2) is 17.0 Å². The molecule has 1 saturated carbocycles. The lowest BCUT2D eigenvalue weighted by atomic mass is 9.81. The van der Waals surface area contributed by atoms with Crippen LogP contribution in [0.3, 0.4) is 0 Å². The molecule has 4 nitrogen and oxygen atoms in total. The van der Waals surface area contributed by atoms with Gasteiger partial charge < -0.3 is 5.32 Å². The van der Waals surface area contributed by atoms with Crippen molar-refractivity contribution in [2.24, 2.45) is 5.92 Å². The van der Waals surface area contributed by atoms with Gasteiger partial charge in [-0.15, -0.1) is 0 Å². The molecule has 0 heterocycles. The summed E-state index contributed by atoms with van der Waals surface area (Å²) in [4.78, 5) is 0.0492. The smallest absolute Gasteiger partial charge is 0.242 e. The van der Waals surface area contributed by atoms with Gasteiger partial charge >= 0.3 is 0 Å². The van der Waals surface area contributed by atoms with Crippen LogP contribution in [-0.2, 0) is 16.6 Å². The third kappa shape index (κ3) is 3.90. The van der Waals surface area contributed by atoms with Crippen LogP contribution >= 0.6 is 23.2 Å². The van der Waals surface area contributed by atoms with E-state index in [1.165, 1.54) is 12.5 Å². The summed E-state index contributed by atoms with van der Waals surface area (Å²) in [7, 11) is -1.90. The van der Waals surface area contributed by atoms with E-state index in [0.29, 0.717) is 23.0 Å². The first kappa shape index (κ1) is 17.0. The van der Waals surface area contributed by atoms with Crippen LogP contribution < -0.4 is 10.0 Å². The Hall–Kier alpha value is -0.330. The monoisotopic (exact) mass is 350 g/mol. The number of nitrogens with one attached hydrogen (secondary N) is 2. The Morgan fingerprint density at radius 1 is 1.33 bits per heavy atom. The molecule has 0 spiro atoms. The average molecular weight is 351 g/mol. The van der Waals surface area contributed by atoms with Gasteiger partial charge in [0.1, 0.15) is 4.90 Å². The topological polar surface area (TPSA) is 58.2 Å². The first-order valence-corrected chi connectivity index (χ1v) is 9.24. The molecule has 0 saturated heterocycles. The van der Waals surface area contributed by atoms with Crippen LogP contribution in [0.25, 0.3) is 0 Å². The second-order valence-corrected chi connectivity index (χ2v) is 8.01. The van der Waals surface area contributed by atoms with E-state index in [4.69, 9.17) is 23.2 Å². The number of halogens is 2. The van der Waals surface area contributed by atoms with Gasteiger partial charge in [0.25, 0.3) is 0 Å². The minimum Gasteiger partial charge on any atom is -0.316 e. The van der Waals surface area contributed by atoms with E-state index >= 15 is 0 Å². The molecular formula is C14H20Cl2N2O2S. The highest BCUT2D eigenvalue weighted by molar-refractivity contribution is 7.89. The highest BCUT2D eigenvalue weighted by Gasteiger charge is 2.29. The molecule has 7 heteroatoms. The first-order valence-electron chi connectivity index (χ1n) is 7.00. The van der Waals surface area contributed by atoms with Crippen molar-refractivity contribution in [1.29, 1.82) is 0 Å². The highest BCUT2D eigenvalue weighted by Crippen LogP contribution is 2.32. The van der Waals surface area contributed by atoms with E-state index in [-0.39, 0.29) is 16.0 Å². The summed E-state index contributed by atoms with van der Waals surface area (Å²) in [6, 6.07) is 2.99. The van der Waals surface area contributed by atoms with Gasteiger partial charge in [0.2, 0.25) is 10.0 Å². The van der Waals surface area contributed by atoms with Gasteiger partial charge in [-0.25, -0.2) is 13.1 Å². The zero-order valence-electron chi connectivity index (χ0n) is 12.1. The summed E-state index contributed by atoms with van der Waals surface area (Å²) in [5.74, 6) is 0.412. The molecule has 1 aliphatic rings. The van der Waals surface area contributed by atoms with Crippen molar-refractivity contribution in [3.8, 4) is 0 Å². The van der Waals surface area contributed by atoms with E-state index < -0.39 is 10.0 Å². The maximum atomic E-state index is 12.5. The number of sulfonamides is 1. The Morgan fingerprint density at radius 3 is 2.52 bits per heavy atom. The van der Waals surface area contributed by atoms with Crippen molar-refractivity contribution >= 4 is 33.2 Å². The van der Waals surface area contributed by atoms with E-state index in [9.17, 15) is 8.42 Å². The molecule has 21 heavy (non-hydrogen) atoms. The molecule has 118 valence electrons. The van der Waals surface area contributed by atoms with Gasteiger partial charge in [0.15, 0.2) is 0 Å². The van der Waals surface area contributed by atoms with Crippen LogP contribution in [0.2, 0.25) is 10.0 Å². The number of hydrogen-bond donors (Lipinski definition) is 2. The van der Waals surface area contributed by atoms with E-state index in [1.54, 1.807) is 13.1 Å². The molecule has 2 N–H and O–H groups in total. The second kappa shape index (κ2) is 6.84. The first-order chi connectivity index (χ1) is 9.85. The zero-order valence-corrected chi connectivity index (χ0v) is 14.4. The van der Waals surface area contributed by atoms with Gasteiger partial charge in [-0.1, -0.05) is 29.6 Å². The number of rotatable bonds is 6. The van der Waals surface area contributed by atoms with Gasteiger partial charge in [0.05, 0.1) is 5.02 Å². The van der Waals surface area contributed by atoms with Crippen LogP contribution in [0.4, 0.5) is 0 Å². The summed E-state index contributed by atoms with van der Waals surface area (Å²) in [5, 5.41) is 3.54. The summed E-state index contributed by atoms with van der Waals surface area (Å²) in [6.07, 6.45) is 3.30. The maximum Gasteiger partial charge on any atom is 0.242 e. The average Bonchev–Trinajstić information content (AvgIpc) is 2.30. The molecule has 1 unspecified atom stereocenters. The molecule has 1 fully saturated rings. The summed E-state index contributed by atoms with van der Waals surface area (Å²) >= 11 is 12.3. The fourth-order valence-corrected chi connectivity index (χ4v) is 4.72. The molecule has 1 aromatic rings. The lowest BCUT2D eigenvalue weighted by Gasteiger charge is -2.31. The highest BCUT2D eigenvalue weighted by atomic mass is 35.5. The van der Waals surface area contributed by atoms with Gasteiger partial charge in [-0.2, -0.15) is 0 Å². The number of hydrogen-bond acceptors (Lipinski definition) is 3. The fourth-order valence-electron chi connectivity index (χ4n) is 2.48. The van der Waals surface area contributed by atoms with Crippen molar-refractivity contribution in [3.05, 3.63) is 27.7 Å². The van der Waals surface area contributed by atoms with E-state index in [2.05, 4.69) is 10.0 Å². The summed E-state index contributed by atoms with van der Waals surface area (Å²) in [5.41, 5.74) is 0.670.